The van der Waals surface area contributed by atoms with Crippen LogP contribution in [0, 0.1) is 0 Å². The zero-order valence-electron chi connectivity index (χ0n) is 16.4. The van der Waals surface area contributed by atoms with E-state index in [-0.39, 0.29) is 12.3 Å². The summed E-state index contributed by atoms with van der Waals surface area (Å²) in [5, 5.41) is 20.4. The van der Waals surface area contributed by atoms with Crippen LogP contribution >= 0.6 is 0 Å². The van der Waals surface area contributed by atoms with Crippen LogP contribution in [0.5, 0.6) is 0 Å². The van der Waals surface area contributed by atoms with Gasteiger partial charge in [0.1, 0.15) is 0 Å². The van der Waals surface area contributed by atoms with Crippen LogP contribution in [0.15, 0.2) is 23.3 Å². The standard InChI is InChI=1S/2C9H16O2.2H3N/c2*1-3-4-5-6-7-8(2)9(10)11;;/h2*7H,3-6H2,1-2H3,(H,10,11);2*1H3. The number of hydrogen-bond donors (Lipinski definition) is 2. The topological polar surface area (TPSA) is 153 Å². The lowest BCUT2D eigenvalue weighted by Gasteiger charge is -2.00. The van der Waals surface area contributed by atoms with E-state index in [0.717, 1.165) is 51.4 Å². The van der Waals surface area contributed by atoms with Gasteiger partial charge in [-0.1, -0.05) is 51.7 Å². The lowest BCUT2D eigenvalue weighted by molar-refractivity contribution is -0.300. The van der Waals surface area contributed by atoms with E-state index in [0.29, 0.717) is 11.1 Å². The Hall–Kier alpha value is -1.66. The van der Waals surface area contributed by atoms with Gasteiger partial charge in [-0.25, -0.2) is 0 Å². The highest BCUT2D eigenvalue weighted by Crippen LogP contribution is 2.03. The third-order valence-electron chi connectivity index (χ3n) is 3.16. The quantitative estimate of drug-likeness (QED) is 0.460. The first-order chi connectivity index (χ1) is 10.4. The first-order valence-electron chi connectivity index (χ1n) is 8.12. The summed E-state index contributed by atoms with van der Waals surface area (Å²) in [5.41, 5.74) is 0.696. The molecule has 0 aliphatic heterocycles. The van der Waals surface area contributed by atoms with Gasteiger partial charge in [0.05, 0.1) is 11.9 Å². The molecule has 0 unspecified atom stereocenters. The average molecular weight is 347 g/mol. The second-order valence-electron chi connectivity index (χ2n) is 5.34. The molecule has 0 aliphatic rings. The normalized spacial score (nSPS) is 10.7. The third-order valence-corrected chi connectivity index (χ3v) is 3.16. The van der Waals surface area contributed by atoms with E-state index in [9.17, 15) is 19.8 Å². The molecule has 0 rings (SSSR count). The van der Waals surface area contributed by atoms with Crippen LogP contribution in [-0.2, 0) is 9.59 Å². The summed E-state index contributed by atoms with van der Waals surface area (Å²) in [7, 11) is 0. The molecule has 0 heterocycles. The summed E-state index contributed by atoms with van der Waals surface area (Å²) in [5.74, 6) is -2.11. The molecule has 0 amide bonds. The van der Waals surface area contributed by atoms with Crippen LogP contribution in [0.2, 0.25) is 0 Å². The van der Waals surface area contributed by atoms with Crippen molar-refractivity contribution in [3.8, 4) is 0 Å². The Bertz CT molecular complexity index is 341. The molecular weight excluding hydrogens is 308 g/mol. The number of carbonyl (C=O) groups excluding carboxylic acids is 2. The molecule has 0 spiro atoms. The number of aliphatic carboxylic acids is 2. The van der Waals surface area contributed by atoms with Gasteiger partial charge in [0.2, 0.25) is 0 Å². The molecule has 24 heavy (non-hydrogen) atoms. The second-order valence-corrected chi connectivity index (χ2v) is 5.34. The molecule has 0 aromatic carbocycles. The van der Waals surface area contributed by atoms with E-state index in [1.807, 2.05) is 0 Å². The number of hydrogen-bond acceptors (Lipinski definition) is 4. The van der Waals surface area contributed by atoms with Crippen molar-refractivity contribution in [2.24, 2.45) is 0 Å². The molecule has 0 atom stereocenters. The fourth-order valence-electron chi connectivity index (χ4n) is 1.59. The molecule has 8 N–H and O–H groups in total. The number of carboxylic acid groups (broad SMARTS) is 2. The number of quaternary nitrogens is 2. The SMILES string of the molecule is CCCCCC=C(C)C(=O)[O-].CCCCCC=C(C)C(=O)[O-].[NH4+].[NH4+]. The number of unbranched alkanes of at least 4 members (excludes halogenated alkanes) is 6. The van der Waals surface area contributed by atoms with Gasteiger partial charge in [-0.3, -0.25) is 0 Å². The Morgan fingerprint density at radius 1 is 0.708 bits per heavy atom. The van der Waals surface area contributed by atoms with E-state index in [1.165, 1.54) is 0 Å². The van der Waals surface area contributed by atoms with Crippen molar-refractivity contribution in [1.29, 1.82) is 0 Å². The zero-order chi connectivity index (χ0) is 17.4. The summed E-state index contributed by atoms with van der Waals surface area (Å²) >= 11 is 0. The van der Waals surface area contributed by atoms with Crippen molar-refractivity contribution >= 4 is 11.9 Å². The van der Waals surface area contributed by atoms with Crippen molar-refractivity contribution in [2.45, 2.75) is 79.1 Å². The lowest BCUT2D eigenvalue weighted by atomic mass is 10.1. The third kappa shape index (κ3) is 22.6. The van der Waals surface area contributed by atoms with Crippen LogP contribution in [0.25, 0.3) is 0 Å². The smallest absolute Gasteiger partial charge is 0.0668 e. The van der Waals surface area contributed by atoms with E-state index in [4.69, 9.17) is 0 Å². The van der Waals surface area contributed by atoms with Gasteiger partial charge in [0, 0.05) is 0 Å². The van der Waals surface area contributed by atoms with E-state index in [1.54, 1.807) is 26.0 Å². The minimum atomic E-state index is -1.05. The van der Waals surface area contributed by atoms with Crippen LogP contribution in [0.1, 0.15) is 79.1 Å². The summed E-state index contributed by atoms with van der Waals surface area (Å²) in [6.07, 6.45) is 12.0. The molecular formula is C18H38N2O4. The number of carbonyl (C=O) groups is 2. The Morgan fingerprint density at radius 2 is 1.00 bits per heavy atom. The Kier molecular flexibility index (Phi) is 26.9. The Morgan fingerprint density at radius 3 is 1.21 bits per heavy atom. The molecule has 0 aliphatic carbocycles. The molecule has 0 aromatic rings. The van der Waals surface area contributed by atoms with Crippen LogP contribution in [-0.4, -0.2) is 11.9 Å². The summed E-state index contributed by atoms with van der Waals surface area (Å²) in [6, 6.07) is 0. The van der Waals surface area contributed by atoms with Gasteiger partial charge in [-0.2, -0.15) is 0 Å². The van der Waals surface area contributed by atoms with Gasteiger partial charge < -0.3 is 32.1 Å². The van der Waals surface area contributed by atoms with Crippen LogP contribution in [0.4, 0.5) is 0 Å². The first-order valence-corrected chi connectivity index (χ1v) is 8.12. The predicted molar refractivity (Wildman–Crippen MR) is 97.8 cm³/mol. The van der Waals surface area contributed by atoms with E-state index >= 15 is 0 Å². The van der Waals surface area contributed by atoms with Gasteiger partial charge >= 0.3 is 0 Å². The summed E-state index contributed by atoms with van der Waals surface area (Å²) < 4.78 is 0. The molecule has 6 heteroatoms. The highest BCUT2D eigenvalue weighted by molar-refractivity contribution is 5.84. The maximum Gasteiger partial charge on any atom is 0.0668 e. The Labute approximate surface area is 147 Å². The van der Waals surface area contributed by atoms with Crippen molar-refractivity contribution in [2.75, 3.05) is 0 Å². The second kappa shape index (κ2) is 21.3. The Balaban J connectivity index is -0.000000154. The molecule has 0 bridgehead atoms. The average Bonchev–Trinajstić information content (AvgIpc) is 2.48. The number of rotatable bonds is 10. The molecule has 0 fully saturated rings. The van der Waals surface area contributed by atoms with Gasteiger partial charge in [-0.05, 0) is 50.7 Å². The van der Waals surface area contributed by atoms with Crippen LogP contribution < -0.4 is 22.5 Å². The number of allylic oxidation sites excluding steroid dienone is 2. The first kappa shape index (κ1) is 30.2. The molecule has 0 aromatic heterocycles. The fraction of sp³-hybridized carbons (Fsp3) is 0.667. The van der Waals surface area contributed by atoms with Gasteiger partial charge in [0.15, 0.2) is 0 Å². The van der Waals surface area contributed by atoms with E-state index < -0.39 is 11.9 Å². The summed E-state index contributed by atoms with van der Waals surface area (Å²) in [4.78, 5) is 20.4. The maximum atomic E-state index is 10.2. The highest BCUT2D eigenvalue weighted by atomic mass is 16.4. The van der Waals surface area contributed by atoms with Gasteiger partial charge in [-0.15, -0.1) is 0 Å². The van der Waals surface area contributed by atoms with E-state index in [2.05, 4.69) is 13.8 Å². The van der Waals surface area contributed by atoms with Crippen molar-refractivity contribution in [3.05, 3.63) is 23.3 Å². The monoisotopic (exact) mass is 346 g/mol. The molecule has 144 valence electrons. The zero-order valence-corrected chi connectivity index (χ0v) is 16.4. The maximum absolute atomic E-state index is 10.2. The highest BCUT2D eigenvalue weighted by Gasteiger charge is 1.89. The minimum Gasteiger partial charge on any atom is -0.545 e. The van der Waals surface area contributed by atoms with Gasteiger partial charge in [0.25, 0.3) is 0 Å². The largest absolute Gasteiger partial charge is 0.545 e. The lowest BCUT2D eigenvalue weighted by Crippen LogP contribution is -2.22. The summed E-state index contributed by atoms with van der Waals surface area (Å²) in [6.45, 7) is 7.38. The fourth-order valence-corrected chi connectivity index (χ4v) is 1.59. The molecule has 6 nitrogen and oxygen atoms in total. The molecule has 0 radical (unpaired) electrons. The minimum absolute atomic E-state index is 0. The predicted octanol–water partition coefficient (Wildman–Crippen LogP) is 3.28. The van der Waals surface area contributed by atoms with Crippen molar-refractivity contribution < 1.29 is 19.8 Å². The molecule has 0 saturated carbocycles. The number of carboxylic acids is 2. The molecule has 0 saturated heterocycles. The van der Waals surface area contributed by atoms with Crippen molar-refractivity contribution in [1.82, 2.24) is 12.3 Å². The van der Waals surface area contributed by atoms with Crippen LogP contribution in [0.3, 0.4) is 0 Å². The van der Waals surface area contributed by atoms with Crippen molar-refractivity contribution in [3.63, 3.8) is 0 Å².